The van der Waals surface area contributed by atoms with Crippen LogP contribution < -0.4 is 10.6 Å². The van der Waals surface area contributed by atoms with Crippen LogP contribution in [-0.2, 0) is 13.0 Å². The van der Waals surface area contributed by atoms with Crippen molar-refractivity contribution in [3.05, 3.63) is 12.2 Å². The summed E-state index contributed by atoms with van der Waals surface area (Å²) in [5.74, 6) is 2.47. The third kappa shape index (κ3) is 6.62. The highest BCUT2D eigenvalue weighted by atomic mass is 15.3. The molecule has 1 aromatic heterocycles. The van der Waals surface area contributed by atoms with Gasteiger partial charge in [-0.05, 0) is 13.0 Å². The average Bonchev–Trinajstić information content (AvgIpc) is 3.07. The van der Waals surface area contributed by atoms with Crippen molar-refractivity contribution in [1.82, 2.24) is 35.2 Å². The fraction of sp³-hybridized carbons (Fsp3) is 0.824. The van der Waals surface area contributed by atoms with Crippen LogP contribution in [0.5, 0.6) is 0 Å². The van der Waals surface area contributed by atoms with Gasteiger partial charge in [-0.25, -0.2) is 0 Å². The van der Waals surface area contributed by atoms with E-state index in [1.54, 1.807) is 6.33 Å². The van der Waals surface area contributed by atoms with E-state index in [-0.39, 0.29) is 0 Å². The lowest BCUT2D eigenvalue weighted by atomic mass is 10.1. The molecule has 2 N–H and O–H groups in total. The van der Waals surface area contributed by atoms with Gasteiger partial charge in [0.2, 0.25) is 0 Å². The molecule has 0 saturated carbocycles. The molecule has 1 unspecified atom stereocenters. The van der Waals surface area contributed by atoms with E-state index in [1.807, 2.05) is 7.05 Å². The third-order valence-corrected chi connectivity index (χ3v) is 4.66. The Bertz CT molecular complexity index is 518. The number of guanidine groups is 1. The van der Waals surface area contributed by atoms with Crippen molar-refractivity contribution >= 4 is 5.96 Å². The minimum Gasteiger partial charge on any atom is -0.356 e. The molecule has 1 aliphatic rings. The van der Waals surface area contributed by atoms with Gasteiger partial charge in [0.25, 0.3) is 0 Å². The van der Waals surface area contributed by atoms with E-state index in [4.69, 9.17) is 0 Å². The zero-order valence-corrected chi connectivity index (χ0v) is 16.2. The minimum absolute atomic E-state index is 0.589. The van der Waals surface area contributed by atoms with Gasteiger partial charge >= 0.3 is 0 Å². The topological polar surface area (TPSA) is 73.6 Å². The van der Waals surface area contributed by atoms with Crippen molar-refractivity contribution in [3.63, 3.8) is 0 Å². The van der Waals surface area contributed by atoms with E-state index in [9.17, 15) is 0 Å². The third-order valence-electron chi connectivity index (χ3n) is 4.66. The molecule has 0 amide bonds. The number of aryl methyl sites for hydroxylation is 1. The Morgan fingerprint density at radius 2 is 2.04 bits per heavy atom. The predicted octanol–water partition coefficient (Wildman–Crippen LogP) is -0.111. The zero-order chi connectivity index (χ0) is 18.1. The van der Waals surface area contributed by atoms with Crippen LogP contribution in [0.25, 0.3) is 0 Å². The van der Waals surface area contributed by atoms with E-state index in [0.29, 0.717) is 5.92 Å². The second-order valence-electron chi connectivity index (χ2n) is 6.88. The van der Waals surface area contributed by atoms with E-state index in [1.165, 1.54) is 26.2 Å². The lowest BCUT2D eigenvalue weighted by molar-refractivity contribution is 0.139. The number of nitrogens with one attached hydrogen (secondary N) is 2. The number of hydrogen-bond acceptors (Lipinski definition) is 5. The highest BCUT2D eigenvalue weighted by Gasteiger charge is 2.16. The Morgan fingerprint density at radius 1 is 1.28 bits per heavy atom. The Balaban J connectivity index is 1.64. The van der Waals surface area contributed by atoms with E-state index in [2.05, 4.69) is 61.1 Å². The number of likely N-dealkylation sites (N-methyl/N-ethyl adjacent to an activating group) is 1. The first-order valence-electron chi connectivity index (χ1n) is 9.34. The molecule has 1 fully saturated rings. The lowest BCUT2D eigenvalue weighted by Gasteiger charge is -2.34. The van der Waals surface area contributed by atoms with Crippen molar-refractivity contribution in [2.24, 2.45) is 10.9 Å². The number of aliphatic imine (C=N–C) groups is 1. The van der Waals surface area contributed by atoms with Gasteiger partial charge in [-0.15, -0.1) is 10.2 Å². The van der Waals surface area contributed by atoms with Gasteiger partial charge < -0.3 is 25.0 Å². The number of hydrogen-bond donors (Lipinski definition) is 2. The van der Waals surface area contributed by atoms with Crippen LogP contribution in [-0.4, -0.2) is 90.4 Å². The van der Waals surface area contributed by atoms with Crippen LogP contribution in [0.1, 0.15) is 19.7 Å². The van der Waals surface area contributed by atoms with Gasteiger partial charge in [0.15, 0.2) is 5.96 Å². The summed E-state index contributed by atoms with van der Waals surface area (Å²) in [4.78, 5) is 9.26. The molecule has 1 saturated heterocycles. The summed E-state index contributed by atoms with van der Waals surface area (Å²) in [6.45, 7) is 12.8. The largest absolute Gasteiger partial charge is 0.356 e. The molecule has 142 valence electrons. The zero-order valence-electron chi connectivity index (χ0n) is 16.2. The maximum atomic E-state index is 4.31. The molecule has 0 bridgehead atoms. The highest BCUT2D eigenvalue weighted by molar-refractivity contribution is 5.79. The second kappa shape index (κ2) is 10.4. The molecule has 0 radical (unpaired) electrons. The van der Waals surface area contributed by atoms with Crippen LogP contribution in [0.15, 0.2) is 11.3 Å². The van der Waals surface area contributed by atoms with Crippen LogP contribution in [0.3, 0.4) is 0 Å². The molecule has 8 nitrogen and oxygen atoms in total. The molecular formula is C17H34N8. The van der Waals surface area contributed by atoms with Gasteiger partial charge in [0.05, 0.1) is 0 Å². The van der Waals surface area contributed by atoms with E-state index >= 15 is 0 Å². The fourth-order valence-corrected chi connectivity index (χ4v) is 3.06. The molecule has 0 aromatic carbocycles. The summed E-state index contributed by atoms with van der Waals surface area (Å²) in [6, 6.07) is 0. The highest BCUT2D eigenvalue weighted by Crippen LogP contribution is 2.03. The standard InChI is InChI=1S/C17H34N8/c1-5-16-22-21-14-25(16)7-6-19-17(18-3)20-12-15(2)13-24-10-8-23(4)9-11-24/h14-15H,5-13H2,1-4H3,(H2,18,19,20). The Labute approximate surface area is 151 Å². The van der Waals surface area contributed by atoms with Crippen LogP contribution in [0, 0.1) is 5.92 Å². The Kier molecular flexibility index (Phi) is 8.14. The van der Waals surface area contributed by atoms with Crippen molar-refractivity contribution in [2.75, 3.05) is 59.9 Å². The van der Waals surface area contributed by atoms with Gasteiger partial charge in [-0.1, -0.05) is 13.8 Å². The van der Waals surface area contributed by atoms with Crippen LogP contribution in [0.2, 0.25) is 0 Å². The summed E-state index contributed by atoms with van der Waals surface area (Å²) < 4.78 is 2.08. The predicted molar refractivity (Wildman–Crippen MR) is 102 cm³/mol. The van der Waals surface area contributed by atoms with Gasteiger partial charge in [-0.3, -0.25) is 4.99 Å². The number of aromatic nitrogens is 3. The smallest absolute Gasteiger partial charge is 0.191 e. The lowest BCUT2D eigenvalue weighted by Crippen LogP contribution is -2.47. The molecule has 0 spiro atoms. The SMILES string of the molecule is CCc1nncn1CCNC(=NC)NCC(C)CN1CCN(C)CC1. The first-order chi connectivity index (χ1) is 12.1. The van der Waals surface area contributed by atoms with Crippen molar-refractivity contribution in [3.8, 4) is 0 Å². The van der Waals surface area contributed by atoms with E-state index in [0.717, 1.165) is 44.4 Å². The maximum absolute atomic E-state index is 4.31. The Morgan fingerprint density at radius 3 is 2.72 bits per heavy atom. The summed E-state index contributed by atoms with van der Waals surface area (Å²) in [7, 11) is 4.01. The number of rotatable bonds is 8. The van der Waals surface area contributed by atoms with Crippen molar-refractivity contribution in [2.45, 2.75) is 26.8 Å². The Hall–Kier alpha value is -1.67. The fourth-order valence-electron chi connectivity index (χ4n) is 3.06. The number of nitrogens with zero attached hydrogens (tertiary/aromatic N) is 6. The summed E-state index contributed by atoms with van der Waals surface area (Å²) >= 11 is 0. The molecule has 1 aliphatic heterocycles. The molecule has 25 heavy (non-hydrogen) atoms. The maximum Gasteiger partial charge on any atom is 0.191 e. The molecule has 0 aliphatic carbocycles. The first-order valence-corrected chi connectivity index (χ1v) is 9.34. The molecule has 2 rings (SSSR count). The monoisotopic (exact) mass is 350 g/mol. The van der Waals surface area contributed by atoms with Crippen molar-refractivity contribution < 1.29 is 0 Å². The van der Waals surface area contributed by atoms with Gasteiger partial charge in [0.1, 0.15) is 12.2 Å². The summed E-state index contributed by atoms with van der Waals surface area (Å²) in [5, 5.41) is 14.9. The van der Waals surface area contributed by atoms with E-state index < -0.39 is 0 Å². The molecule has 8 heteroatoms. The molecule has 1 atom stereocenters. The van der Waals surface area contributed by atoms with Crippen LogP contribution >= 0.6 is 0 Å². The second-order valence-corrected chi connectivity index (χ2v) is 6.88. The van der Waals surface area contributed by atoms with Crippen molar-refractivity contribution in [1.29, 1.82) is 0 Å². The molecular weight excluding hydrogens is 316 g/mol. The molecule has 1 aromatic rings. The van der Waals surface area contributed by atoms with Crippen LogP contribution in [0.4, 0.5) is 0 Å². The quantitative estimate of drug-likeness (QED) is 0.503. The first kappa shape index (κ1) is 19.7. The summed E-state index contributed by atoms with van der Waals surface area (Å²) in [5.41, 5.74) is 0. The van der Waals surface area contributed by atoms with Gasteiger partial charge in [-0.2, -0.15) is 0 Å². The minimum atomic E-state index is 0.589. The van der Waals surface area contributed by atoms with Gasteiger partial charge in [0, 0.05) is 65.8 Å². The number of piperazine rings is 1. The normalized spacial score (nSPS) is 18.3. The average molecular weight is 351 g/mol. The molecule has 2 heterocycles. The summed E-state index contributed by atoms with van der Waals surface area (Å²) in [6.07, 6.45) is 2.69.